The van der Waals surface area contributed by atoms with Crippen molar-refractivity contribution < 1.29 is 24.3 Å². The van der Waals surface area contributed by atoms with Crippen LogP contribution in [0.25, 0.3) is 22.0 Å². The van der Waals surface area contributed by atoms with Gasteiger partial charge in [-0.3, -0.25) is 19.2 Å². The fourth-order valence-electron chi connectivity index (χ4n) is 8.95. The lowest BCUT2D eigenvalue weighted by atomic mass is 9.97. The number of nitrogens with zero attached hydrogens (tertiary/aromatic N) is 6. The van der Waals surface area contributed by atoms with E-state index < -0.39 is 12.2 Å². The lowest BCUT2D eigenvalue weighted by Crippen LogP contribution is -2.75. The highest BCUT2D eigenvalue weighted by Gasteiger charge is 2.51. The number of aromatic nitrogens is 1. The molecule has 4 amide bonds. The third-order valence-corrected chi connectivity index (χ3v) is 11.9. The number of nitrogens with one attached hydrogen (secondary N) is 1. The maximum atomic E-state index is 14.8. The summed E-state index contributed by atoms with van der Waals surface area (Å²) in [5.74, 6) is -0.669. The Kier molecular flexibility index (Phi) is 12.5. The Labute approximate surface area is 368 Å². The summed E-state index contributed by atoms with van der Waals surface area (Å²) in [6, 6.07) is 37.1. The number of rotatable bonds is 14. The predicted molar refractivity (Wildman–Crippen MR) is 245 cm³/mol. The first-order chi connectivity index (χ1) is 30.5. The third-order valence-electron chi connectivity index (χ3n) is 11.9. The number of fused-ring (bicyclic) bond motifs is 2. The SMILES string of the molecule is C=CCN1CC(=O)N2[C@@H](Cc3ccc(O)cc3)C(=O)N(Cc3cccc4c(-c5ccc(NC(=O)c6ccc(CN(C)C)cc6)cc5)cn(C)c34)C[C@@H]2N1C(=O)CCc1ccccc1. The molecule has 12 heteroatoms. The molecule has 0 aliphatic carbocycles. The van der Waals surface area contributed by atoms with E-state index in [-0.39, 0.29) is 68.4 Å². The second-order valence-electron chi connectivity index (χ2n) is 16.7. The van der Waals surface area contributed by atoms with E-state index in [1.165, 1.54) is 0 Å². The fourth-order valence-corrected chi connectivity index (χ4v) is 8.95. The van der Waals surface area contributed by atoms with Gasteiger partial charge in [-0.05, 0) is 84.7 Å². The number of aromatic hydroxyl groups is 1. The summed E-state index contributed by atoms with van der Waals surface area (Å²) in [6.07, 6.45) is 3.96. The second kappa shape index (κ2) is 18.5. The van der Waals surface area contributed by atoms with Gasteiger partial charge in [-0.2, -0.15) is 0 Å². The topological polar surface area (TPSA) is 122 Å². The maximum Gasteiger partial charge on any atom is 0.255 e. The van der Waals surface area contributed by atoms with Gasteiger partial charge < -0.3 is 29.7 Å². The molecule has 6 aromatic rings. The van der Waals surface area contributed by atoms with Crippen LogP contribution in [0.1, 0.15) is 39.0 Å². The van der Waals surface area contributed by atoms with Crippen LogP contribution in [0.3, 0.4) is 0 Å². The number of piperazine rings is 1. The van der Waals surface area contributed by atoms with Gasteiger partial charge in [-0.25, -0.2) is 10.0 Å². The minimum absolute atomic E-state index is 0.0666. The van der Waals surface area contributed by atoms with Crippen LogP contribution in [-0.4, -0.2) is 104 Å². The number of hydrazine groups is 1. The average Bonchev–Trinajstić information content (AvgIpc) is 3.62. The molecule has 2 aliphatic rings. The van der Waals surface area contributed by atoms with Gasteiger partial charge in [0.25, 0.3) is 5.91 Å². The number of benzene rings is 5. The maximum absolute atomic E-state index is 14.8. The van der Waals surface area contributed by atoms with Crippen LogP contribution in [0.15, 0.2) is 140 Å². The Morgan fingerprint density at radius 2 is 1.57 bits per heavy atom. The summed E-state index contributed by atoms with van der Waals surface area (Å²) in [5.41, 5.74) is 8.05. The molecule has 0 spiro atoms. The third kappa shape index (κ3) is 9.28. The van der Waals surface area contributed by atoms with Crippen molar-refractivity contribution in [3.05, 3.63) is 168 Å². The van der Waals surface area contributed by atoms with Crippen LogP contribution in [0.4, 0.5) is 5.69 Å². The van der Waals surface area contributed by atoms with Crippen molar-refractivity contribution in [1.82, 2.24) is 29.3 Å². The van der Waals surface area contributed by atoms with Gasteiger partial charge in [-0.15, -0.1) is 6.58 Å². The van der Waals surface area contributed by atoms with E-state index in [4.69, 9.17) is 0 Å². The smallest absolute Gasteiger partial charge is 0.255 e. The first-order valence-corrected chi connectivity index (χ1v) is 21.3. The monoisotopic (exact) mass is 843 g/mol. The Balaban J connectivity index is 1.08. The van der Waals surface area contributed by atoms with E-state index in [1.54, 1.807) is 50.2 Å². The molecule has 2 N–H and O–H groups in total. The van der Waals surface area contributed by atoms with Crippen molar-refractivity contribution in [2.45, 2.75) is 44.6 Å². The van der Waals surface area contributed by atoms with Gasteiger partial charge in [0.1, 0.15) is 18.0 Å². The summed E-state index contributed by atoms with van der Waals surface area (Å²) < 4.78 is 2.07. The molecular formula is C51H53N7O5. The molecule has 8 rings (SSSR count). The minimum Gasteiger partial charge on any atom is -0.508 e. The highest BCUT2D eigenvalue weighted by atomic mass is 16.3. The number of phenols is 1. The first kappa shape index (κ1) is 42.7. The van der Waals surface area contributed by atoms with Gasteiger partial charge in [0, 0.05) is 67.9 Å². The van der Waals surface area contributed by atoms with Gasteiger partial charge in [0.15, 0.2) is 0 Å². The van der Waals surface area contributed by atoms with Crippen molar-refractivity contribution in [2.24, 2.45) is 7.05 Å². The van der Waals surface area contributed by atoms with Crippen LogP contribution in [-0.2, 0) is 47.4 Å². The van der Waals surface area contributed by atoms with Crippen LogP contribution in [0.5, 0.6) is 5.75 Å². The highest BCUT2D eigenvalue weighted by Crippen LogP contribution is 2.35. The zero-order valence-electron chi connectivity index (χ0n) is 36.0. The molecule has 0 saturated carbocycles. The predicted octanol–water partition coefficient (Wildman–Crippen LogP) is 6.85. The molecule has 63 heavy (non-hydrogen) atoms. The van der Waals surface area contributed by atoms with E-state index in [0.717, 1.165) is 50.8 Å². The average molecular weight is 844 g/mol. The summed E-state index contributed by atoms with van der Waals surface area (Å²) in [4.78, 5) is 61.9. The summed E-state index contributed by atoms with van der Waals surface area (Å²) in [6.45, 7) is 5.29. The van der Waals surface area contributed by atoms with Gasteiger partial charge in [0.05, 0.1) is 18.6 Å². The molecule has 2 atom stereocenters. The van der Waals surface area contributed by atoms with E-state index in [0.29, 0.717) is 17.7 Å². The van der Waals surface area contributed by atoms with Crippen molar-refractivity contribution in [1.29, 1.82) is 0 Å². The van der Waals surface area contributed by atoms with E-state index in [2.05, 4.69) is 33.6 Å². The molecule has 1 aromatic heterocycles. The first-order valence-electron chi connectivity index (χ1n) is 21.3. The summed E-state index contributed by atoms with van der Waals surface area (Å²) >= 11 is 0. The molecule has 2 aliphatic heterocycles. The number of phenolic OH excluding ortho intramolecular Hbond substituents is 1. The summed E-state index contributed by atoms with van der Waals surface area (Å²) in [5, 5.41) is 17.5. The minimum atomic E-state index is -0.888. The highest BCUT2D eigenvalue weighted by molar-refractivity contribution is 6.04. The number of anilines is 1. The molecule has 3 heterocycles. The molecule has 0 radical (unpaired) electrons. The van der Waals surface area contributed by atoms with Crippen molar-refractivity contribution in [3.8, 4) is 16.9 Å². The lowest BCUT2D eigenvalue weighted by molar-refractivity contribution is -0.205. The van der Waals surface area contributed by atoms with E-state index >= 15 is 0 Å². The lowest BCUT2D eigenvalue weighted by Gasteiger charge is -2.55. The second-order valence-corrected chi connectivity index (χ2v) is 16.7. The normalized spacial score (nSPS) is 16.7. The van der Waals surface area contributed by atoms with Crippen LogP contribution in [0, 0.1) is 0 Å². The Bertz CT molecular complexity index is 2620. The number of hydrogen-bond acceptors (Lipinski definition) is 7. The van der Waals surface area contributed by atoms with Crippen molar-refractivity contribution in [3.63, 3.8) is 0 Å². The molecule has 12 nitrogen and oxygen atoms in total. The van der Waals surface area contributed by atoms with Gasteiger partial charge >= 0.3 is 0 Å². The molecule has 2 saturated heterocycles. The van der Waals surface area contributed by atoms with Gasteiger partial charge in [0.2, 0.25) is 17.7 Å². The Hall–Kier alpha value is -7.02. The molecule has 322 valence electrons. The van der Waals surface area contributed by atoms with Crippen molar-refractivity contribution in [2.75, 3.05) is 39.0 Å². The molecule has 2 fully saturated rings. The number of amides is 4. The summed E-state index contributed by atoms with van der Waals surface area (Å²) in [7, 11) is 6.01. The van der Waals surface area contributed by atoms with Crippen LogP contribution < -0.4 is 5.32 Å². The standard InChI is InChI=1S/C51H53N7O5/c1-5-28-56-34-48(61)57-45(29-36-16-25-42(59)26-17-36)51(63)55(33-46(57)58(56)47(60)27-18-35-10-7-6-8-11-35)31-40-12-9-13-43-44(32-54(4)49(40)43)38-21-23-41(24-22-38)52-50(62)39-19-14-37(15-20-39)30-53(2)3/h5-17,19-26,32,45-46,59H,1,18,27-31,33-34H2,2-4H3,(H,52,62)/t45-,46-/m0/s1. The van der Waals surface area contributed by atoms with Crippen LogP contribution in [0.2, 0.25) is 0 Å². The number of hydrogen-bond donors (Lipinski definition) is 2. The van der Waals surface area contributed by atoms with Gasteiger partial charge in [-0.1, -0.05) is 91.0 Å². The quantitative estimate of drug-likeness (QED) is 0.115. The van der Waals surface area contributed by atoms with E-state index in [1.807, 2.05) is 112 Å². The van der Waals surface area contributed by atoms with Crippen molar-refractivity contribution >= 4 is 40.2 Å². The molecule has 0 bridgehead atoms. The number of aryl methyl sites for hydroxylation is 2. The molecule has 0 unspecified atom stereocenters. The number of carbonyl (C=O) groups is 4. The van der Waals surface area contributed by atoms with Crippen LogP contribution >= 0.6 is 0 Å². The molecular weight excluding hydrogens is 791 g/mol. The van der Waals surface area contributed by atoms with E-state index in [9.17, 15) is 24.3 Å². The molecule has 5 aromatic carbocycles. The largest absolute Gasteiger partial charge is 0.508 e. The fraction of sp³-hybridized carbons (Fsp3) is 0.255. The number of carbonyl (C=O) groups excluding carboxylic acids is 4. The zero-order valence-corrected chi connectivity index (χ0v) is 36.0. The Morgan fingerprint density at radius 3 is 2.27 bits per heavy atom. The number of para-hydroxylation sites is 1. The Morgan fingerprint density at radius 1 is 0.857 bits per heavy atom. The zero-order chi connectivity index (χ0) is 44.2.